The molecule has 1 aromatic rings. The number of carbonyl (C=O) groups excluding carboxylic acids is 1. The molecule has 2 N–H and O–H groups in total. The summed E-state index contributed by atoms with van der Waals surface area (Å²) in [4.78, 5) is 11.3. The van der Waals surface area contributed by atoms with Crippen molar-refractivity contribution in [1.29, 1.82) is 0 Å². The van der Waals surface area contributed by atoms with Crippen LogP contribution in [0.1, 0.15) is 103 Å². The zero-order chi connectivity index (χ0) is 19.0. The fourth-order valence-corrected chi connectivity index (χ4v) is 3.43. The molecule has 1 aromatic carbocycles. The highest BCUT2D eigenvalue weighted by Crippen LogP contribution is 2.23. The van der Waals surface area contributed by atoms with Gasteiger partial charge >= 0.3 is 0 Å². The average Bonchev–Trinajstić information content (AvgIpc) is 2.61. The number of aryl methyl sites for hydroxylation is 1. The first kappa shape index (κ1) is 22.5. The fourth-order valence-electron chi connectivity index (χ4n) is 3.43. The van der Waals surface area contributed by atoms with Crippen molar-refractivity contribution in [3.63, 3.8) is 0 Å². The van der Waals surface area contributed by atoms with E-state index in [1.807, 2.05) is 0 Å². The summed E-state index contributed by atoms with van der Waals surface area (Å²) in [6, 6.07) is 5.18. The zero-order valence-corrected chi connectivity index (χ0v) is 17.0. The van der Waals surface area contributed by atoms with E-state index in [1.165, 1.54) is 84.0 Å². The van der Waals surface area contributed by atoms with Gasteiger partial charge in [-0.15, -0.1) is 0 Å². The number of unbranched alkanes of at least 4 members (excludes halogenated alkanes) is 12. The lowest BCUT2D eigenvalue weighted by Gasteiger charge is -2.10. The Morgan fingerprint density at radius 1 is 0.846 bits per heavy atom. The van der Waals surface area contributed by atoms with Crippen LogP contribution in [0.5, 0.6) is 5.75 Å². The van der Waals surface area contributed by atoms with Crippen LogP contribution in [0.3, 0.4) is 0 Å². The molecule has 0 saturated heterocycles. The van der Waals surface area contributed by atoms with Crippen LogP contribution < -0.4 is 5.32 Å². The fraction of sp³-hybridized carbons (Fsp3) is 0.696. The molecule has 3 nitrogen and oxygen atoms in total. The van der Waals surface area contributed by atoms with E-state index in [9.17, 15) is 9.90 Å². The number of anilines is 1. The molecule has 0 bridgehead atoms. The summed E-state index contributed by atoms with van der Waals surface area (Å²) in [6.07, 6.45) is 18.4. The van der Waals surface area contributed by atoms with Crippen molar-refractivity contribution in [1.82, 2.24) is 0 Å². The van der Waals surface area contributed by atoms with Gasteiger partial charge in [0, 0.05) is 12.6 Å². The first-order valence-electron chi connectivity index (χ1n) is 10.7. The molecule has 0 heterocycles. The van der Waals surface area contributed by atoms with Crippen LogP contribution >= 0.6 is 0 Å². The summed E-state index contributed by atoms with van der Waals surface area (Å²) in [5.74, 6) is 0.200. The lowest BCUT2D eigenvalue weighted by Crippen LogP contribution is -2.08. The van der Waals surface area contributed by atoms with Gasteiger partial charge in [0.15, 0.2) is 0 Å². The van der Waals surface area contributed by atoms with Gasteiger partial charge in [-0.05, 0) is 36.6 Å². The molecule has 0 saturated carbocycles. The van der Waals surface area contributed by atoms with Crippen LogP contribution in [0.4, 0.5) is 5.69 Å². The van der Waals surface area contributed by atoms with E-state index in [-0.39, 0.29) is 11.7 Å². The Morgan fingerprint density at radius 2 is 1.35 bits per heavy atom. The van der Waals surface area contributed by atoms with Gasteiger partial charge in [-0.2, -0.15) is 0 Å². The van der Waals surface area contributed by atoms with Crippen LogP contribution in [0.15, 0.2) is 18.2 Å². The maximum absolute atomic E-state index is 11.3. The summed E-state index contributed by atoms with van der Waals surface area (Å²) in [6.45, 7) is 3.79. The van der Waals surface area contributed by atoms with Crippen molar-refractivity contribution >= 4 is 11.6 Å². The Balaban J connectivity index is 2.04. The lowest BCUT2D eigenvalue weighted by atomic mass is 10.0. The number of amides is 1. The monoisotopic (exact) mass is 361 g/mol. The molecule has 1 amide bonds. The third-order valence-corrected chi connectivity index (χ3v) is 4.95. The maximum Gasteiger partial charge on any atom is 0.221 e. The quantitative estimate of drug-likeness (QED) is 0.261. The van der Waals surface area contributed by atoms with Gasteiger partial charge in [0.25, 0.3) is 0 Å². The number of hydrogen-bond donors (Lipinski definition) is 2. The van der Waals surface area contributed by atoms with Gasteiger partial charge in [-0.25, -0.2) is 0 Å². The number of carbonyl (C=O) groups is 1. The van der Waals surface area contributed by atoms with Crippen LogP contribution in [0.2, 0.25) is 0 Å². The first-order chi connectivity index (χ1) is 12.6. The minimum absolute atomic E-state index is 0.0673. The molecule has 0 aliphatic rings. The van der Waals surface area contributed by atoms with Crippen molar-refractivity contribution in [2.45, 2.75) is 104 Å². The highest BCUT2D eigenvalue weighted by molar-refractivity contribution is 5.89. The van der Waals surface area contributed by atoms with Gasteiger partial charge in [0.1, 0.15) is 5.75 Å². The normalized spacial score (nSPS) is 10.8. The van der Waals surface area contributed by atoms with Gasteiger partial charge in [-0.3, -0.25) is 4.79 Å². The van der Waals surface area contributed by atoms with Gasteiger partial charge in [0.2, 0.25) is 5.91 Å². The van der Waals surface area contributed by atoms with Gasteiger partial charge < -0.3 is 10.4 Å². The second kappa shape index (κ2) is 14.6. The molecule has 0 aliphatic carbocycles. The molecule has 0 fully saturated rings. The second-order valence-corrected chi connectivity index (χ2v) is 7.52. The summed E-state index contributed by atoms with van der Waals surface area (Å²) < 4.78 is 0. The van der Waals surface area contributed by atoms with E-state index in [4.69, 9.17) is 0 Å². The van der Waals surface area contributed by atoms with Crippen LogP contribution in [-0.4, -0.2) is 11.0 Å². The number of nitrogens with one attached hydrogen (secondary N) is 1. The Morgan fingerprint density at radius 3 is 1.85 bits per heavy atom. The molecule has 0 aromatic heterocycles. The van der Waals surface area contributed by atoms with Crippen LogP contribution in [-0.2, 0) is 11.2 Å². The predicted molar refractivity (Wildman–Crippen MR) is 112 cm³/mol. The van der Waals surface area contributed by atoms with Crippen molar-refractivity contribution < 1.29 is 9.90 Å². The van der Waals surface area contributed by atoms with Crippen LogP contribution in [0.25, 0.3) is 0 Å². The van der Waals surface area contributed by atoms with Gasteiger partial charge in [0.05, 0.1) is 0 Å². The third-order valence-electron chi connectivity index (χ3n) is 4.95. The first-order valence-corrected chi connectivity index (χ1v) is 10.7. The SMILES string of the molecule is CCCCCCCCCCCCCCCc1cc(O)ccc1NC(C)=O. The largest absolute Gasteiger partial charge is 0.508 e. The van der Waals surface area contributed by atoms with Crippen molar-refractivity contribution in [2.24, 2.45) is 0 Å². The minimum Gasteiger partial charge on any atom is -0.508 e. The van der Waals surface area contributed by atoms with E-state index < -0.39 is 0 Å². The summed E-state index contributed by atoms with van der Waals surface area (Å²) in [7, 11) is 0. The molecule has 0 spiro atoms. The van der Waals surface area contributed by atoms with Gasteiger partial charge in [-0.1, -0.05) is 84.0 Å². The third kappa shape index (κ3) is 11.2. The summed E-state index contributed by atoms with van der Waals surface area (Å²) in [5.41, 5.74) is 1.86. The maximum atomic E-state index is 11.3. The molecule has 26 heavy (non-hydrogen) atoms. The predicted octanol–water partition coefficient (Wildman–Crippen LogP) is 6.98. The Hall–Kier alpha value is -1.51. The van der Waals surface area contributed by atoms with E-state index >= 15 is 0 Å². The van der Waals surface area contributed by atoms with Crippen LogP contribution in [0, 0.1) is 0 Å². The number of benzene rings is 1. The van der Waals surface area contributed by atoms with E-state index in [1.54, 1.807) is 18.2 Å². The van der Waals surface area contributed by atoms with Crippen molar-refractivity contribution in [3.8, 4) is 5.75 Å². The highest BCUT2D eigenvalue weighted by atomic mass is 16.3. The lowest BCUT2D eigenvalue weighted by molar-refractivity contribution is -0.114. The molecular weight excluding hydrogens is 322 g/mol. The average molecular weight is 362 g/mol. The molecule has 1 rings (SSSR count). The number of rotatable bonds is 15. The van der Waals surface area contributed by atoms with E-state index in [2.05, 4.69) is 12.2 Å². The van der Waals surface area contributed by atoms with Crippen molar-refractivity contribution in [3.05, 3.63) is 23.8 Å². The Bertz CT molecular complexity index is 499. The standard InChI is InChI=1S/C23H39NO2/c1-3-4-5-6-7-8-9-10-11-12-13-14-15-16-21-19-22(26)17-18-23(21)24-20(2)25/h17-19,26H,3-16H2,1-2H3,(H,24,25). The summed E-state index contributed by atoms with van der Waals surface area (Å²) in [5, 5.41) is 12.5. The van der Waals surface area contributed by atoms with E-state index in [0.717, 1.165) is 24.1 Å². The zero-order valence-electron chi connectivity index (χ0n) is 17.0. The Kier molecular flexibility index (Phi) is 12.7. The molecule has 3 heteroatoms. The molecule has 148 valence electrons. The Labute approximate surface area is 160 Å². The number of hydrogen-bond acceptors (Lipinski definition) is 2. The topological polar surface area (TPSA) is 49.3 Å². The second-order valence-electron chi connectivity index (χ2n) is 7.52. The van der Waals surface area contributed by atoms with E-state index in [0.29, 0.717) is 0 Å². The number of phenolic OH excluding ortho intramolecular Hbond substituents is 1. The smallest absolute Gasteiger partial charge is 0.221 e. The van der Waals surface area contributed by atoms with Crippen molar-refractivity contribution in [2.75, 3.05) is 5.32 Å². The molecular formula is C23H39NO2. The summed E-state index contributed by atoms with van der Waals surface area (Å²) >= 11 is 0. The number of aromatic hydroxyl groups is 1. The molecule has 0 unspecified atom stereocenters. The minimum atomic E-state index is -0.0673. The molecule has 0 aliphatic heterocycles. The molecule has 0 radical (unpaired) electrons. The molecule has 0 atom stereocenters. The highest BCUT2D eigenvalue weighted by Gasteiger charge is 2.05. The number of phenols is 1.